The van der Waals surface area contributed by atoms with Crippen LogP contribution in [0.5, 0.6) is 5.75 Å². The molecule has 36 heavy (non-hydrogen) atoms. The van der Waals surface area contributed by atoms with Gasteiger partial charge in [-0.15, -0.1) is 0 Å². The van der Waals surface area contributed by atoms with E-state index in [-0.39, 0.29) is 5.97 Å². The molecule has 7 nitrogen and oxygen atoms in total. The highest BCUT2D eigenvalue weighted by molar-refractivity contribution is 6.09. The van der Waals surface area contributed by atoms with Crippen LogP contribution in [0, 0.1) is 5.92 Å². The summed E-state index contributed by atoms with van der Waals surface area (Å²) in [6.45, 7) is 15.1. The number of allylic oxidation sites excluding steroid dienone is 1. The second-order valence-electron chi connectivity index (χ2n) is 9.25. The highest BCUT2D eigenvalue weighted by atomic mass is 16.5. The third-order valence-electron chi connectivity index (χ3n) is 6.79. The first kappa shape index (κ1) is 27.5. The van der Waals surface area contributed by atoms with Crippen molar-refractivity contribution in [3.8, 4) is 5.75 Å². The second kappa shape index (κ2) is 13.9. The van der Waals surface area contributed by atoms with Gasteiger partial charge < -0.3 is 24.3 Å². The van der Waals surface area contributed by atoms with Crippen molar-refractivity contribution in [3.63, 3.8) is 0 Å². The van der Waals surface area contributed by atoms with Crippen LogP contribution < -0.4 is 10.1 Å². The van der Waals surface area contributed by atoms with Crippen molar-refractivity contribution in [2.75, 3.05) is 39.9 Å². The molecule has 1 fully saturated rings. The molecular weight excluding hydrogens is 452 g/mol. The number of aliphatic imine (C=N–C) groups is 1. The minimum absolute atomic E-state index is 0.351. The van der Waals surface area contributed by atoms with E-state index in [1.807, 2.05) is 0 Å². The number of ether oxygens (including phenoxy) is 2. The summed E-state index contributed by atoms with van der Waals surface area (Å²) in [6.07, 6.45) is 9.90. The van der Waals surface area contributed by atoms with Gasteiger partial charge in [-0.2, -0.15) is 0 Å². The van der Waals surface area contributed by atoms with E-state index in [0.29, 0.717) is 23.9 Å². The molecule has 0 bridgehead atoms. The Hall–Kier alpha value is -3.06. The summed E-state index contributed by atoms with van der Waals surface area (Å²) in [5, 5.41) is 5.01. The average Bonchev–Trinajstić information content (AvgIpc) is 3.24. The number of aromatic nitrogens is 1. The summed E-state index contributed by atoms with van der Waals surface area (Å²) in [7, 11) is 1.72. The SMILES string of the molecule is C=C(/N=C\C(=C/C)C(=O)OCC)N1CCC(CNCCc2cn(CCC)c3cc(OC)ccc23)CC1. The number of hydrogen-bond donors (Lipinski definition) is 1. The maximum Gasteiger partial charge on any atom is 0.339 e. The van der Waals surface area contributed by atoms with E-state index >= 15 is 0 Å². The summed E-state index contributed by atoms with van der Waals surface area (Å²) in [4.78, 5) is 18.5. The summed E-state index contributed by atoms with van der Waals surface area (Å²) in [5.41, 5.74) is 3.10. The first-order valence-corrected chi connectivity index (χ1v) is 13.2. The van der Waals surface area contributed by atoms with E-state index in [1.54, 1.807) is 33.2 Å². The zero-order chi connectivity index (χ0) is 25.9. The molecule has 0 unspecified atom stereocenters. The van der Waals surface area contributed by atoms with Crippen LogP contribution in [0.2, 0.25) is 0 Å². The summed E-state index contributed by atoms with van der Waals surface area (Å²) >= 11 is 0. The minimum Gasteiger partial charge on any atom is -0.497 e. The van der Waals surface area contributed by atoms with Crippen LogP contribution in [-0.4, -0.2) is 61.5 Å². The molecule has 1 aromatic carbocycles. The van der Waals surface area contributed by atoms with Crippen LogP contribution in [0.3, 0.4) is 0 Å². The van der Waals surface area contributed by atoms with Gasteiger partial charge >= 0.3 is 5.97 Å². The number of carbonyl (C=O) groups excluding carboxylic acids is 1. The molecule has 0 amide bonds. The Balaban J connectivity index is 1.44. The van der Waals surface area contributed by atoms with E-state index in [0.717, 1.165) is 64.2 Å². The first-order valence-electron chi connectivity index (χ1n) is 13.2. The Labute approximate surface area is 215 Å². The minimum atomic E-state index is -0.351. The van der Waals surface area contributed by atoms with Crippen LogP contribution >= 0.6 is 0 Å². The number of carbonyl (C=O) groups is 1. The molecule has 3 rings (SSSR count). The predicted octanol–water partition coefficient (Wildman–Crippen LogP) is 4.96. The first-order chi connectivity index (χ1) is 17.5. The van der Waals surface area contributed by atoms with E-state index in [9.17, 15) is 4.79 Å². The van der Waals surface area contributed by atoms with Gasteiger partial charge in [0.1, 0.15) is 11.6 Å². The van der Waals surface area contributed by atoms with Crippen molar-refractivity contribution in [3.05, 3.63) is 54.0 Å². The van der Waals surface area contributed by atoms with Crippen LogP contribution in [0.25, 0.3) is 10.9 Å². The number of hydrogen-bond acceptors (Lipinski definition) is 6. The third-order valence-corrected chi connectivity index (χ3v) is 6.79. The van der Waals surface area contributed by atoms with Crippen LogP contribution in [0.15, 0.2) is 53.4 Å². The molecule has 0 spiro atoms. The Morgan fingerprint density at radius 1 is 1.28 bits per heavy atom. The Morgan fingerprint density at radius 3 is 2.72 bits per heavy atom. The van der Waals surface area contributed by atoms with E-state index in [4.69, 9.17) is 9.47 Å². The van der Waals surface area contributed by atoms with Crippen molar-refractivity contribution >= 4 is 23.1 Å². The highest BCUT2D eigenvalue weighted by Gasteiger charge is 2.20. The van der Waals surface area contributed by atoms with Gasteiger partial charge in [-0.25, -0.2) is 9.79 Å². The maximum atomic E-state index is 11.9. The second-order valence-corrected chi connectivity index (χ2v) is 9.25. The Bertz CT molecular complexity index is 1080. The van der Waals surface area contributed by atoms with Gasteiger partial charge in [0.25, 0.3) is 0 Å². The molecule has 2 heterocycles. The monoisotopic (exact) mass is 494 g/mol. The highest BCUT2D eigenvalue weighted by Crippen LogP contribution is 2.26. The Kier molecular flexibility index (Phi) is 10.6. The molecule has 2 aromatic rings. The topological polar surface area (TPSA) is 68.1 Å². The zero-order valence-corrected chi connectivity index (χ0v) is 22.4. The number of benzene rings is 1. The molecule has 1 N–H and O–H groups in total. The van der Waals surface area contributed by atoms with Crippen molar-refractivity contribution in [2.24, 2.45) is 10.9 Å². The smallest absolute Gasteiger partial charge is 0.339 e. The molecule has 0 saturated carbocycles. The quantitative estimate of drug-likeness (QED) is 0.185. The fourth-order valence-electron chi connectivity index (χ4n) is 4.71. The number of aryl methyl sites for hydroxylation is 1. The lowest BCUT2D eigenvalue weighted by Gasteiger charge is -2.33. The normalized spacial score (nSPS) is 15.1. The van der Waals surface area contributed by atoms with E-state index < -0.39 is 0 Å². The fraction of sp³-hybridized carbons (Fsp3) is 0.517. The molecular formula is C29H42N4O3. The lowest BCUT2D eigenvalue weighted by molar-refractivity contribution is -0.137. The van der Waals surface area contributed by atoms with Gasteiger partial charge in [-0.3, -0.25) is 0 Å². The average molecular weight is 495 g/mol. The van der Waals surface area contributed by atoms with Gasteiger partial charge in [0.15, 0.2) is 0 Å². The van der Waals surface area contributed by atoms with Crippen molar-refractivity contribution < 1.29 is 14.3 Å². The van der Waals surface area contributed by atoms with Gasteiger partial charge in [0, 0.05) is 43.5 Å². The number of likely N-dealkylation sites (tertiary alicyclic amines) is 1. The number of nitrogens with zero attached hydrogens (tertiary/aromatic N) is 3. The number of methoxy groups -OCH3 is 1. The van der Waals surface area contributed by atoms with Crippen molar-refractivity contribution in [1.29, 1.82) is 0 Å². The standard InChI is InChI=1S/C29H42N4O3/c1-6-15-33-21-25(27-10-9-26(35-5)18-28(27)33)11-14-30-19-23-12-16-32(17-13-23)22(4)31-20-24(7-2)29(34)36-8-3/h7,9-10,18,20-21,23,30H,4,6,8,11-17,19H2,1-3,5H3/b24-7+,31-20-. The molecule has 0 radical (unpaired) electrons. The van der Waals surface area contributed by atoms with Crippen molar-refractivity contribution in [2.45, 2.75) is 53.0 Å². The third kappa shape index (κ3) is 7.23. The molecule has 1 saturated heterocycles. The number of esters is 1. The lowest BCUT2D eigenvalue weighted by Crippen LogP contribution is -2.36. The Morgan fingerprint density at radius 2 is 2.06 bits per heavy atom. The summed E-state index contributed by atoms with van der Waals surface area (Å²) in [5.74, 6) is 1.90. The lowest BCUT2D eigenvalue weighted by atomic mass is 9.97. The number of fused-ring (bicyclic) bond motifs is 1. The predicted molar refractivity (Wildman–Crippen MR) is 148 cm³/mol. The summed E-state index contributed by atoms with van der Waals surface area (Å²) < 4.78 is 12.8. The zero-order valence-electron chi connectivity index (χ0n) is 22.4. The number of nitrogens with one attached hydrogen (secondary N) is 1. The molecule has 0 aliphatic carbocycles. The summed E-state index contributed by atoms with van der Waals surface area (Å²) in [6, 6.07) is 6.38. The fourth-order valence-corrected chi connectivity index (χ4v) is 4.71. The van der Waals surface area contributed by atoms with Crippen LogP contribution in [0.4, 0.5) is 0 Å². The molecule has 1 aliphatic rings. The van der Waals surface area contributed by atoms with Gasteiger partial charge in [0.05, 0.1) is 24.8 Å². The number of piperidine rings is 1. The largest absolute Gasteiger partial charge is 0.497 e. The van der Waals surface area contributed by atoms with Gasteiger partial charge in [0.2, 0.25) is 0 Å². The van der Waals surface area contributed by atoms with Crippen molar-refractivity contribution in [1.82, 2.24) is 14.8 Å². The number of rotatable bonds is 13. The molecule has 7 heteroatoms. The van der Waals surface area contributed by atoms with E-state index in [2.05, 4.69) is 57.7 Å². The van der Waals surface area contributed by atoms with Gasteiger partial charge in [-0.05, 0) is 76.2 Å². The van der Waals surface area contributed by atoms with E-state index in [1.165, 1.54) is 16.5 Å². The molecule has 1 aliphatic heterocycles. The molecule has 196 valence electrons. The molecule has 0 atom stereocenters. The van der Waals surface area contributed by atoms with Gasteiger partial charge in [-0.1, -0.05) is 19.6 Å². The van der Waals surface area contributed by atoms with Crippen LogP contribution in [0.1, 0.15) is 45.6 Å². The molecule has 1 aromatic heterocycles. The maximum absolute atomic E-state index is 11.9. The van der Waals surface area contributed by atoms with Crippen LogP contribution in [-0.2, 0) is 22.5 Å².